The van der Waals surface area contributed by atoms with E-state index < -0.39 is 0 Å². The molecule has 6 nitrogen and oxygen atoms in total. The topological polar surface area (TPSA) is 46.3 Å². The van der Waals surface area contributed by atoms with E-state index in [-0.39, 0.29) is 11.7 Å². The normalized spacial score (nSPS) is 17.2. The lowest BCUT2D eigenvalue weighted by atomic mass is 10.0. The van der Waals surface area contributed by atoms with Gasteiger partial charge in [-0.3, -0.25) is 0 Å². The van der Waals surface area contributed by atoms with Gasteiger partial charge in [0.05, 0.1) is 11.7 Å². The fourth-order valence-corrected chi connectivity index (χ4v) is 3.54. The van der Waals surface area contributed by atoms with E-state index in [9.17, 15) is 4.79 Å². The van der Waals surface area contributed by atoms with Crippen molar-refractivity contribution in [2.45, 2.75) is 33.2 Å². The predicted molar refractivity (Wildman–Crippen MR) is 102 cm³/mol. The fraction of sp³-hybridized carbons (Fsp3) is 0.579. The zero-order valence-electron chi connectivity index (χ0n) is 15.7. The number of likely N-dealkylation sites (N-methyl/N-ethyl adjacent to an activating group) is 1. The van der Waals surface area contributed by atoms with Gasteiger partial charge in [-0.2, -0.15) is 5.10 Å². The van der Waals surface area contributed by atoms with Crippen LogP contribution in [-0.2, 0) is 0 Å². The quantitative estimate of drug-likeness (QED) is 0.836. The zero-order valence-corrected chi connectivity index (χ0v) is 15.7. The van der Waals surface area contributed by atoms with Gasteiger partial charge >= 0.3 is 5.69 Å². The molecule has 1 aromatic carbocycles. The van der Waals surface area contributed by atoms with Gasteiger partial charge in [-0.1, -0.05) is 20.8 Å². The second-order valence-electron chi connectivity index (χ2n) is 7.25. The van der Waals surface area contributed by atoms with E-state index in [1.807, 2.05) is 12.1 Å². The van der Waals surface area contributed by atoms with Crippen LogP contribution in [-0.4, -0.2) is 52.5 Å². The van der Waals surface area contributed by atoms with Crippen LogP contribution < -0.4 is 10.6 Å². The minimum atomic E-state index is -0.0621. The Morgan fingerprint density at radius 1 is 1.04 bits per heavy atom. The predicted octanol–water partition coefficient (Wildman–Crippen LogP) is 2.39. The fourth-order valence-electron chi connectivity index (χ4n) is 3.54. The smallest absolute Gasteiger partial charge is 0.350 e. The summed E-state index contributed by atoms with van der Waals surface area (Å²) in [4.78, 5) is 17.5. The van der Waals surface area contributed by atoms with Gasteiger partial charge in [-0.15, -0.1) is 0 Å². The maximum Gasteiger partial charge on any atom is 0.350 e. The van der Waals surface area contributed by atoms with Crippen molar-refractivity contribution in [1.82, 2.24) is 19.2 Å². The summed E-state index contributed by atoms with van der Waals surface area (Å²) in [5, 5.41) is 4.36. The number of benzene rings is 1. The summed E-state index contributed by atoms with van der Waals surface area (Å²) in [5.74, 6) is 0.380. The van der Waals surface area contributed by atoms with E-state index in [1.54, 1.807) is 15.6 Å². The molecule has 0 N–H and O–H groups in total. The van der Waals surface area contributed by atoms with Gasteiger partial charge in [0.2, 0.25) is 0 Å². The van der Waals surface area contributed by atoms with Crippen molar-refractivity contribution >= 4 is 5.69 Å². The molecule has 0 unspecified atom stereocenters. The molecule has 1 fully saturated rings. The Morgan fingerprint density at radius 2 is 1.64 bits per heavy atom. The Bertz CT molecular complexity index is 738. The summed E-state index contributed by atoms with van der Waals surface area (Å²) in [7, 11) is 2.16. The van der Waals surface area contributed by atoms with E-state index >= 15 is 0 Å². The average molecular weight is 343 g/mol. The van der Waals surface area contributed by atoms with Crippen molar-refractivity contribution in [3.8, 4) is 5.69 Å². The van der Waals surface area contributed by atoms with Gasteiger partial charge in [0.15, 0.2) is 0 Å². The van der Waals surface area contributed by atoms with Crippen LogP contribution in [0.15, 0.2) is 35.4 Å². The molecule has 2 aromatic rings. The summed E-state index contributed by atoms with van der Waals surface area (Å²) in [6, 6.07) is 8.36. The largest absolute Gasteiger partial charge is 0.369 e. The first-order valence-electron chi connectivity index (χ1n) is 9.21. The van der Waals surface area contributed by atoms with Gasteiger partial charge in [0, 0.05) is 31.9 Å². The molecule has 1 aliphatic rings. The highest BCUT2D eigenvalue weighted by Crippen LogP contribution is 2.20. The molecule has 0 amide bonds. The summed E-state index contributed by atoms with van der Waals surface area (Å²) < 4.78 is 3.26. The second kappa shape index (κ2) is 7.44. The zero-order chi connectivity index (χ0) is 18.0. The maximum atomic E-state index is 12.7. The molecule has 0 saturated carbocycles. The van der Waals surface area contributed by atoms with Crippen LogP contribution in [0.2, 0.25) is 0 Å². The van der Waals surface area contributed by atoms with Crippen molar-refractivity contribution in [3.63, 3.8) is 0 Å². The van der Waals surface area contributed by atoms with Gasteiger partial charge in [0.25, 0.3) is 0 Å². The summed E-state index contributed by atoms with van der Waals surface area (Å²) in [6.07, 6.45) is 2.54. The van der Waals surface area contributed by atoms with E-state index in [0.717, 1.165) is 38.3 Å². The lowest BCUT2D eigenvalue weighted by Gasteiger charge is -2.34. The van der Waals surface area contributed by atoms with Crippen molar-refractivity contribution in [2.24, 2.45) is 5.92 Å². The van der Waals surface area contributed by atoms with Gasteiger partial charge in [-0.05, 0) is 43.7 Å². The average Bonchev–Trinajstić information content (AvgIpc) is 2.98. The molecule has 0 radical (unpaired) electrons. The Morgan fingerprint density at radius 3 is 2.20 bits per heavy atom. The standard InChI is InChI=1S/C19H29N5O/c1-5-18(15(2)3)24-19(25)23(14-20-24)17-8-6-16(7-9-17)22-12-10-21(4)11-13-22/h6-9,14-15,18H,5,10-13H2,1-4H3/t18-/m0/s1. The highest BCUT2D eigenvalue weighted by molar-refractivity contribution is 5.51. The third kappa shape index (κ3) is 3.63. The second-order valence-corrected chi connectivity index (χ2v) is 7.25. The first-order valence-corrected chi connectivity index (χ1v) is 9.21. The number of anilines is 1. The molecule has 2 heterocycles. The SMILES string of the molecule is CC[C@@H](C(C)C)n1ncn(-c2ccc(N3CCN(C)CC3)cc2)c1=O. The van der Waals surface area contributed by atoms with Gasteiger partial charge < -0.3 is 9.80 Å². The molecule has 1 saturated heterocycles. The third-order valence-electron chi connectivity index (χ3n) is 5.19. The minimum Gasteiger partial charge on any atom is -0.369 e. The Kier molecular flexibility index (Phi) is 5.27. The number of aromatic nitrogens is 3. The van der Waals surface area contributed by atoms with Crippen LogP contribution in [0.5, 0.6) is 0 Å². The number of nitrogens with zero attached hydrogens (tertiary/aromatic N) is 5. The van der Waals surface area contributed by atoms with Crippen molar-refractivity contribution in [2.75, 3.05) is 38.1 Å². The van der Waals surface area contributed by atoms with Crippen molar-refractivity contribution in [1.29, 1.82) is 0 Å². The summed E-state index contributed by atoms with van der Waals surface area (Å²) in [5.41, 5.74) is 2.02. The summed E-state index contributed by atoms with van der Waals surface area (Å²) >= 11 is 0. The molecule has 0 aliphatic carbocycles. The Balaban J connectivity index is 1.81. The Labute approximate surface area is 149 Å². The van der Waals surface area contributed by atoms with E-state index in [4.69, 9.17) is 0 Å². The molecule has 0 spiro atoms. The third-order valence-corrected chi connectivity index (χ3v) is 5.19. The molecule has 1 aromatic heterocycles. The number of rotatable bonds is 5. The van der Waals surface area contributed by atoms with Gasteiger partial charge in [-0.25, -0.2) is 14.0 Å². The first-order chi connectivity index (χ1) is 12.0. The molecular formula is C19H29N5O. The highest BCUT2D eigenvalue weighted by Gasteiger charge is 2.19. The van der Waals surface area contributed by atoms with Crippen molar-refractivity contribution in [3.05, 3.63) is 41.1 Å². The minimum absolute atomic E-state index is 0.0621. The number of piperazine rings is 1. The molecule has 136 valence electrons. The molecule has 1 aliphatic heterocycles. The molecule has 6 heteroatoms. The monoisotopic (exact) mass is 343 g/mol. The Hall–Kier alpha value is -2.08. The highest BCUT2D eigenvalue weighted by atomic mass is 16.2. The molecule has 25 heavy (non-hydrogen) atoms. The number of hydrogen-bond donors (Lipinski definition) is 0. The van der Waals surface area contributed by atoms with Crippen LogP contribution in [0.25, 0.3) is 5.69 Å². The number of hydrogen-bond acceptors (Lipinski definition) is 4. The lowest BCUT2D eigenvalue weighted by Crippen LogP contribution is -2.44. The van der Waals surface area contributed by atoms with Crippen molar-refractivity contribution < 1.29 is 0 Å². The van der Waals surface area contributed by atoms with Crippen LogP contribution in [0.4, 0.5) is 5.69 Å². The van der Waals surface area contributed by atoms with Crippen LogP contribution in [0, 0.1) is 5.92 Å². The molecule has 0 bridgehead atoms. The maximum absolute atomic E-state index is 12.7. The lowest BCUT2D eigenvalue weighted by molar-refractivity contribution is 0.313. The van der Waals surface area contributed by atoms with Gasteiger partial charge in [0.1, 0.15) is 6.33 Å². The first kappa shape index (κ1) is 17.7. The molecule has 3 rings (SSSR count). The summed E-state index contributed by atoms with van der Waals surface area (Å²) in [6.45, 7) is 10.6. The van der Waals surface area contributed by atoms with Crippen LogP contribution >= 0.6 is 0 Å². The van der Waals surface area contributed by atoms with Crippen LogP contribution in [0.1, 0.15) is 33.2 Å². The molecular weight excluding hydrogens is 314 g/mol. The van der Waals surface area contributed by atoms with E-state index in [2.05, 4.69) is 54.9 Å². The van der Waals surface area contributed by atoms with Crippen LogP contribution in [0.3, 0.4) is 0 Å². The van der Waals surface area contributed by atoms with E-state index in [0.29, 0.717) is 5.92 Å². The molecule has 1 atom stereocenters. The van der Waals surface area contributed by atoms with E-state index in [1.165, 1.54) is 5.69 Å².